The van der Waals surface area contributed by atoms with E-state index in [2.05, 4.69) is 24.2 Å². The van der Waals surface area contributed by atoms with E-state index in [1.165, 1.54) is 0 Å². The van der Waals surface area contributed by atoms with Gasteiger partial charge in [-0.1, -0.05) is 24.3 Å². The van der Waals surface area contributed by atoms with Gasteiger partial charge in [0.15, 0.2) is 0 Å². The van der Waals surface area contributed by atoms with E-state index in [1.807, 2.05) is 30.3 Å². The maximum atomic E-state index is 12.2. The zero-order valence-corrected chi connectivity index (χ0v) is 14.9. The van der Waals surface area contributed by atoms with Crippen LogP contribution in [0.5, 0.6) is 11.5 Å². The largest absolute Gasteiger partial charge is 0.497 e. The summed E-state index contributed by atoms with van der Waals surface area (Å²) in [7, 11) is 3.25. The number of rotatable bonds is 4. The molecule has 1 aliphatic rings. The summed E-state index contributed by atoms with van der Waals surface area (Å²) >= 11 is 0. The average molecular weight is 338 g/mol. The van der Waals surface area contributed by atoms with Gasteiger partial charge in [-0.3, -0.25) is 4.79 Å². The highest BCUT2D eigenvalue weighted by atomic mass is 16.5. The standard InChI is InChI=1S/C20H22N2O3/c1-13-7-5-6-8-16(13)19-12-18(21-22(19)14(2)23)17-11-15(24-3)9-10-20(17)25-4/h5-11,19H,12H2,1-4H3/t19-/m1/s1. The number of methoxy groups -OCH3 is 2. The Morgan fingerprint density at radius 3 is 2.56 bits per heavy atom. The summed E-state index contributed by atoms with van der Waals surface area (Å²) in [4.78, 5) is 12.2. The number of hydrazone groups is 1. The molecule has 0 saturated carbocycles. The number of amides is 1. The summed E-state index contributed by atoms with van der Waals surface area (Å²) in [5, 5.41) is 6.17. The molecule has 0 aromatic heterocycles. The third kappa shape index (κ3) is 3.22. The predicted molar refractivity (Wildman–Crippen MR) is 97.1 cm³/mol. The van der Waals surface area contributed by atoms with Crippen molar-refractivity contribution in [2.24, 2.45) is 5.10 Å². The lowest BCUT2D eigenvalue weighted by molar-refractivity contribution is -0.130. The molecule has 0 aliphatic carbocycles. The third-order valence-electron chi connectivity index (χ3n) is 4.50. The van der Waals surface area contributed by atoms with Gasteiger partial charge in [-0.25, -0.2) is 5.01 Å². The molecule has 1 atom stereocenters. The minimum atomic E-state index is -0.107. The van der Waals surface area contributed by atoms with Crippen LogP contribution in [0.2, 0.25) is 0 Å². The summed E-state index contributed by atoms with van der Waals surface area (Å²) in [5.74, 6) is 1.37. The van der Waals surface area contributed by atoms with Gasteiger partial charge < -0.3 is 9.47 Å². The highest BCUT2D eigenvalue weighted by molar-refractivity contribution is 6.05. The van der Waals surface area contributed by atoms with E-state index in [0.717, 1.165) is 28.2 Å². The van der Waals surface area contributed by atoms with Crippen molar-refractivity contribution in [2.75, 3.05) is 14.2 Å². The second-order valence-corrected chi connectivity index (χ2v) is 6.05. The minimum Gasteiger partial charge on any atom is -0.497 e. The Balaban J connectivity index is 2.03. The number of benzene rings is 2. The maximum Gasteiger partial charge on any atom is 0.240 e. The van der Waals surface area contributed by atoms with E-state index >= 15 is 0 Å². The van der Waals surface area contributed by atoms with E-state index in [4.69, 9.17) is 9.47 Å². The Morgan fingerprint density at radius 1 is 1.16 bits per heavy atom. The molecule has 0 unspecified atom stereocenters. The molecule has 0 bridgehead atoms. The lowest BCUT2D eigenvalue weighted by Gasteiger charge is -2.22. The Labute approximate surface area is 147 Å². The van der Waals surface area contributed by atoms with E-state index in [9.17, 15) is 4.79 Å². The molecular weight excluding hydrogens is 316 g/mol. The van der Waals surface area contributed by atoms with E-state index in [1.54, 1.807) is 26.2 Å². The highest BCUT2D eigenvalue weighted by Gasteiger charge is 2.33. The fourth-order valence-electron chi connectivity index (χ4n) is 3.21. The van der Waals surface area contributed by atoms with Crippen molar-refractivity contribution in [3.63, 3.8) is 0 Å². The first-order valence-electron chi connectivity index (χ1n) is 8.20. The van der Waals surface area contributed by atoms with Crippen LogP contribution in [0.15, 0.2) is 47.6 Å². The number of carbonyl (C=O) groups is 1. The quantitative estimate of drug-likeness (QED) is 0.854. The van der Waals surface area contributed by atoms with Crippen LogP contribution < -0.4 is 9.47 Å². The number of hydrogen-bond acceptors (Lipinski definition) is 4. The van der Waals surface area contributed by atoms with E-state index in [-0.39, 0.29) is 11.9 Å². The van der Waals surface area contributed by atoms with Gasteiger partial charge in [-0.15, -0.1) is 0 Å². The molecule has 0 fully saturated rings. The molecule has 25 heavy (non-hydrogen) atoms. The molecule has 0 N–H and O–H groups in total. The van der Waals surface area contributed by atoms with Crippen molar-refractivity contribution < 1.29 is 14.3 Å². The molecule has 2 aromatic rings. The zero-order chi connectivity index (χ0) is 18.0. The Morgan fingerprint density at radius 2 is 1.92 bits per heavy atom. The molecule has 5 nitrogen and oxygen atoms in total. The number of aryl methyl sites for hydroxylation is 1. The molecule has 0 spiro atoms. The van der Waals surface area contributed by atoms with Crippen molar-refractivity contribution in [3.8, 4) is 11.5 Å². The van der Waals surface area contributed by atoms with Gasteiger partial charge >= 0.3 is 0 Å². The van der Waals surface area contributed by atoms with E-state index in [0.29, 0.717) is 12.2 Å². The van der Waals surface area contributed by atoms with Crippen LogP contribution in [0.25, 0.3) is 0 Å². The first-order chi connectivity index (χ1) is 12.0. The van der Waals surface area contributed by atoms with Gasteiger partial charge in [-0.05, 0) is 36.2 Å². The Kier molecular flexibility index (Phi) is 4.74. The van der Waals surface area contributed by atoms with Crippen molar-refractivity contribution in [1.29, 1.82) is 0 Å². The average Bonchev–Trinajstić information content (AvgIpc) is 3.06. The van der Waals surface area contributed by atoms with Gasteiger partial charge in [0.2, 0.25) is 5.91 Å². The van der Waals surface area contributed by atoms with Crippen LogP contribution in [0.1, 0.15) is 36.1 Å². The molecule has 3 rings (SSSR count). The molecule has 1 heterocycles. The molecular formula is C20H22N2O3. The fraction of sp³-hybridized carbons (Fsp3) is 0.300. The summed E-state index contributed by atoms with van der Waals surface area (Å²) in [6.45, 7) is 3.60. The van der Waals surface area contributed by atoms with Gasteiger partial charge in [0, 0.05) is 18.9 Å². The van der Waals surface area contributed by atoms with Crippen LogP contribution in [-0.2, 0) is 4.79 Å². The molecule has 130 valence electrons. The van der Waals surface area contributed by atoms with Crippen LogP contribution in [0.4, 0.5) is 0 Å². The summed E-state index contributed by atoms with van der Waals surface area (Å²) < 4.78 is 10.8. The van der Waals surface area contributed by atoms with Gasteiger partial charge in [0.25, 0.3) is 0 Å². The highest BCUT2D eigenvalue weighted by Crippen LogP contribution is 2.37. The molecule has 1 aliphatic heterocycles. The molecule has 0 radical (unpaired) electrons. The number of carbonyl (C=O) groups excluding carboxylic acids is 1. The first-order valence-corrected chi connectivity index (χ1v) is 8.20. The number of nitrogens with zero attached hydrogens (tertiary/aromatic N) is 2. The lowest BCUT2D eigenvalue weighted by Crippen LogP contribution is -2.24. The van der Waals surface area contributed by atoms with Crippen molar-refractivity contribution in [3.05, 3.63) is 59.2 Å². The van der Waals surface area contributed by atoms with Crippen molar-refractivity contribution in [2.45, 2.75) is 26.3 Å². The number of ether oxygens (including phenoxy) is 2. The van der Waals surface area contributed by atoms with Crippen molar-refractivity contribution >= 4 is 11.6 Å². The first kappa shape index (κ1) is 17.0. The summed E-state index contributed by atoms with van der Waals surface area (Å²) in [5.41, 5.74) is 3.93. The SMILES string of the molecule is COc1ccc(OC)c(C2=NN(C(C)=O)[C@@H](c3ccccc3C)C2)c1. The number of hydrogen-bond donors (Lipinski definition) is 0. The van der Waals surface area contributed by atoms with Gasteiger partial charge in [0.05, 0.1) is 26.0 Å². The van der Waals surface area contributed by atoms with Crippen molar-refractivity contribution in [1.82, 2.24) is 5.01 Å². The second kappa shape index (κ2) is 6.97. The van der Waals surface area contributed by atoms with Crippen LogP contribution in [-0.4, -0.2) is 30.8 Å². The minimum absolute atomic E-state index is 0.0786. The van der Waals surface area contributed by atoms with E-state index < -0.39 is 0 Å². The van der Waals surface area contributed by atoms with Crippen LogP contribution >= 0.6 is 0 Å². The normalized spacial score (nSPS) is 16.6. The Hall–Kier alpha value is -2.82. The van der Waals surface area contributed by atoms with Gasteiger partial charge in [0.1, 0.15) is 11.5 Å². The molecule has 1 amide bonds. The maximum absolute atomic E-state index is 12.2. The Bertz CT molecular complexity index is 829. The van der Waals surface area contributed by atoms with Crippen LogP contribution in [0, 0.1) is 6.92 Å². The topological polar surface area (TPSA) is 51.1 Å². The molecule has 2 aromatic carbocycles. The van der Waals surface area contributed by atoms with Gasteiger partial charge in [-0.2, -0.15) is 5.10 Å². The smallest absolute Gasteiger partial charge is 0.240 e. The fourth-order valence-corrected chi connectivity index (χ4v) is 3.21. The third-order valence-corrected chi connectivity index (χ3v) is 4.50. The van der Waals surface area contributed by atoms with Crippen LogP contribution in [0.3, 0.4) is 0 Å². The lowest BCUT2D eigenvalue weighted by atomic mass is 9.95. The second-order valence-electron chi connectivity index (χ2n) is 6.05. The monoisotopic (exact) mass is 338 g/mol. The summed E-state index contributed by atoms with van der Waals surface area (Å²) in [6, 6.07) is 13.6. The molecule has 0 saturated heterocycles. The molecule has 5 heteroatoms. The zero-order valence-electron chi connectivity index (χ0n) is 14.9. The predicted octanol–water partition coefficient (Wildman–Crippen LogP) is 3.71. The summed E-state index contributed by atoms with van der Waals surface area (Å²) in [6.07, 6.45) is 0.633.